The highest BCUT2D eigenvalue weighted by Crippen LogP contribution is 2.38. The molecular weight excluding hydrogens is 440 g/mol. The predicted molar refractivity (Wildman–Crippen MR) is 136 cm³/mol. The number of hydrogen-bond donors (Lipinski definition) is 4. The zero-order valence-corrected chi connectivity index (χ0v) is 20.8. The Morgan fingerprint density at radius 2 is 1.09 bits per heavy atom. The minimum atomic E-state index is -1.37. The summed E-state index contributed by atoms with van der Waals surface area (Å²) in [6.07, 6.45) is 5.34. The number of aliphatic hydroxyl groups is 2. The summed E-state index contributed by atoms with van der Waals surface area (Å²) < 4.78 is 0. The second kappa shape index (κ2) is 10.1. The SMILES string of the molecule is CC(C)(C(=O)N[C@H](Cc1ccccc1)C1(O)CCC1)C(=O)N[C@H](Cc1ccccc1)C1(O)CCC1. The number of rotatable bonds is 10. The van der Waals surface area contributed by atoms with E-state index in [1.54, 1.807) is 13.8 Å². The first-order chi connectivity index (χ1) is 16.6. The van der Waals surface area contributed by atoms with E-state index in [2.05, 4.69) is 10.6 Å². The summed E-state index contributed by atoms with van der Waals surface area (Å²) in [4.78, 5) is 26.8. The monoisotopic (exact) mass is 478 g/mol. The Balaban J connectivity index is 1.47. The molecule has 0 heterocycles. The van der Waals surface area contributed by atoms with Crippen LogP contribution in [0.3, 0.4) is 0 Å². The van der Waals surface area contributed by atoms with Gasteiger partial charge in [-0.1, -0.05) is 60.7 Å². The predicted octanol–water partition coefficient (Wildman–Crippen LogP) is 3.30. The molecule has 2 aliphatic rings. The van der Waals surface area contributed by atoms with Crippen molar-refractivity contribution in [3.8, 4) is 0 Å². The van der Waals surface area contributed by atoms with E-state index in [-0.39, 0.29) is 0 Å². The molecule has 2 aliphatic carbocycles. The van der Waals surface area contributed by atoms with Gasteiger partial charge >= 0.3 is 0 Å². The zero-order chi connectivity index (χ0) is 25.1. The van der Waals surface area contributed by atoms with Crippen molar-refractivity contribution in [1.82, 2.24) is 10.6 Å². The van der Waals surface area contributed by atoms with E-state index in [1.165, 1.54) is 0 Å². The number of carbonyl (C=O) groups excluding carboxylic acids is 2. The van der Waals surface area contributed by atoms with Crippen molar-refractivity contribution in [1.29, 1.82) is 0 Å². The first-order valence-corrected chi connectivity index (χ1v) is 12.8. The van der Waals surface area contributed by atoms with E-state index < -0.39 is 40.5 Å². The summed E-state index contributed by atoms with van der Waals surface area (Å²) >= 11 is 0. The van der Waals surface area contributed by atoms with Gasteiger partial charge in [0.2, 0.25) is 11.8 Å². The fraction of sp³-hybridized carbons (Fsp3) is 0.517. The Hall–Kier alpha value is -2.70. The Bertz CT molecular complexity index is 932. The molecule has 2 atom stereocenters. The molecule has 6 heteroatoms. The van der Waals surface area contributed by atoms with Gasteiger partial charge < -0.3 is 20.8 Å². The van der Waals surface area contributed by atoms with Gasteiger partial charge in [0.05, 0.1) is 23.3 Å². The van der Waals surface area contributed by atoms with E-state index in [4.69, 9.17) is 0 Å². The molecule has 0 aliphatic heterocycles. The molecule has 0 saturated heterocycles. The van der Waals surface area contributed by atoms with Crippen molar-refractivity contribution >= 4 is 11.8 Å². The number of hydrogen-bond acceptors (Lipinski definition) is 4. The Kier molecular flexibility index (Phi) is 7.34. The van der Waals surface area contributed by atoms with Gasteiger partial charge in [-0.2, -0.15) is 0 Å². The van der Waals surface area contributed by atoms with E-state index in [0.717, 1.165) is 24.0 Å². The molecule has 0 radical (unpaired) electrons. The molecule has 2 amide bonds. The van der Waals surface area contributed by atoms with Gasteiger partial charge in [-0.05, 0) is 76.3 Å². The largest absolute Gasteiger partial charge is 0.388 e. The third-order valence-corrected chi connectivity index (χ3v) is 8.05. The van der Waals surface area contributed by atoms with Crippen molar-refractivity contribution in [2.24, 2.45) is 5.41 Å². The minimum absolute atomic E-state index is 0.421. The lowest BCUT2D eigenvalue weighted by Crippen LogP contribution is -2.63. The molecule has 2 aromatic carbocycles. The van der Waals surface area contributed by atoms with Crippen molar-refractivity contribution in [3.05, 3.63) is 71.8 Å². The van der Waals surface area contributed by atoms with Crippen LogP contribution in [-0.4, -0.2) is 45.3 Å². The summed E-state index contributed by atoms with van der Waals surface area (Å²) in [7, 11) is 0. The third-order valence-electron chi connectivity index (χ3n) is 8.05. The Morgan fingerprint density at radius 1 is 0.743 bits per heavy atom. The van der Waals surface area contributed by atoms with Crippen LogP contribution in [0.15, 0.2) is 60.7 Å². The van der Waals surface area contributed by atoms with E-state index in [9.17, 15) is 19.8 Å². The second-order valence-electron chi connectivity index (χ2n) is 11.0. The molecule has 4 N–H and O–H groups in total. The van der Waals surface area contributed by atoms with Crippen LogP contribution in [0.5, 0.6) is 0 Å². The molecule has 6 nitrogen and oxygen atoms in total. The van der Waals surface area contributed by atoms with Crippen LogP contribution in [0.1, 0.15) is 63.5 Å². The quantitative estimate of drug-likeness (QED) is 0.394. The molecule has 2 fully saturated rings. The van der Waals surface area contributed by atoms with Gasteiger partial charge in [0.25, 0.3) is 0 Å². The van der Waals surface area contributed by atoms with Crippen LogP contribution >= 0.6 is 0 Å². The average molecular weight is 479 g/mol. The van der Waals surface area contributed by atoms with E-state index in [0.29, 0.717) is 38.5 Å². The number of amides is 2. The summed E-state index contributed by atoms with van der Waals surface area (Å²) in [6.45, 7) is 3.21. The maximum atomic E-state index is 13.4. The van der Waals surface area contributed by atoms with E-state index in [1.807, 2.05) is 60.7 Å². The van der Waals surface area contributed by atoms with Gasteiger partial charge in [-0.25, -0.2) is 0 Å². The number of benzene rings is 2. The van der Waals surface area contributed by atoms with Crippen LogP contribution in [0.25, 0.3) is 0 Å². The van der Waals surface area contributed by atoms with Gasteiger partial charge in [0, 0.05) is 0 Å². The van der Waals surface area contributed by atoms with Gasteiger partial charge in [-0.3, -0.25) is 9.59 Å². The molecule has 0 spiro atoms. The standard InChI is InChI=1S/C29H38N2O4/c1-27(2,25(32)30-23(28(34)15-9-16-28)19-21-11-5-3-6-12-21)26(33)31-24(29(35)17-10-18-29)20-22-13-7-4-8-14-22/h3-8,11-14,23-24,34-35H,9-10,15-20H2,1-2H3,(H,30,32)(H,31,33)/t23-,24-/m1/s1. The maximum Gasteiger partial charge on any atom is 0.235 e. The maximum absolute atomic E-state index is 13.4. The summed E-state index contributed by atoms with van der Waals surface area (Å²) in [6, 6.07) is 18.6. The lowest BCUT2D eigenvalue weighted by molar-refractivity contribution is -0.147. The zero-order valence-electron chi connectivity index (χ0n) is 20.8. The lowest BCUT2D eigenvalue weighted by Gasteiger charge is -2.45. The molecular formula is C29H38N2O4. The molecule has 0 unspecified atom stereocenters. The second-order valence-corrected chi connectivity index (χ2v) is 11.0. The lowest BCUT2D eigenvalue weighted by atomic mass is 9.72. The fourth-order valence-corrected chi connectivity index (χ4v) is 5.01. The highest BCUT2D eigenvalue weighted by atomic mass is 16.3. The minimum Gasteiger partial charge on any atom is -0.388 e. The molecule has 2 aromatic rings. The topological polar surface area (TPSA) is 98.7 Å². The molecule has 2 saturated carbocycles. The number of nitrogens with one attached hydrogen (secondary N) is 2. The first-order valence-electron chi connectivity index (χ1n) is 12.8. The fourth-order valence-electron chi connectivity index (χ4n) is 5.01. The van der Waals surface area contributed by atoms with Gasteiger partial charge in [0.15, 0.2) is 0 Å². The molecule has 35 heavy (non-hydrogen) atoms. The smallest absolute Gasteiger partial charge is 0.235 e. The van der Waals surface area contributed by atoms with Gasteiger partial charge in [-0.15, -0.1) is 0 Å². The first kappa shape index (κ1) is 25.4. The summed E-state index contributed by atoms with van der Waals surface area (Å²) in [5, 5.41) is 28.2. The summed E-state index contributed by atoms with van der Waals surface area (Å²) in [5.41, 5.74) is -1.25. The van der Waals surface area contributed by atoms with Crippen LogP contribution in [0.4, 0.5) is 0 Å². The van der Waals surface area contributed by atoms with Crippen LogP contribution < -0.4 is 10.6 Å². The highest BCUT2D eigenvalue weighted by molar-refractivity contribution is 6.04. The normalized spacial score (nSPS) is 20.0. The summed E-state index contributed by atoms with van der Waals surface area (Å²) in [5.74, 6) is -0.842. The molecule has 4 rings (SSSR count). The Labute approximate surface area is 208 Å². The van der Waals surface area contributed by atoms with Crippen LogP contribution in [0, 0.1) is 5.41 Å². The molecule has 0 bridgehead atoms. The van der Waals surface area contributed by atoms with Crippen molar-refractivity contribution in [3.63, 3.8) is 0 Å². The third kappa shape index (κ3) is 5.60. The van der Waals surface area contributed by atoms with E-state index >= 15 is 0 Å². The van der Waals surface area contributed by atoms with Crippen molar-refractivity contribution in [2.75, 3.05) is 0 Å². The van der Waals surface area contributed by atoms with Crippen molar-refractivity contribution < 1.29 is 19.8 Å². The van der Waals surface area contributed by atoms with Crippen molar-refractivity contribution in [2.45, 2.75) is 88.5 Å². The van der Waals surface area contributed by atoms with Crippen LogP contribution in [0.2, 0.25) is 0 Å². The molecule has 0 aromatic heterocycles. The molecule has 188 valence electrons. The average Bonchev–Trinajstić information content (AvgIpc) is 2.81. The highest BCUT2D eigenvalue weighted by Gasteiger charge is 2.48. The Morgan fingerprint density at radius 3 is 1.37 bits per heavy atom. The van der Waals surface area contributed by atoms with Gasteiger partial charge in [0.1, 0.15) is 5.41 Å². The van der Waals surface area contributed by atoms with Crippen LogP contribution in [-0.2, 0) is 22.4 Å². The number of carbonyl (C=O) groups is 2.